The van der Waals surface area contributed by atoms with Crippen LogP contribution in [0.5, 0.6) is 5.75 Å². The van der Waals surface area contributed by atoms with E-state index in [9.17, 15) is 9.59 Å². The van der Waals surface area contributed by atoms with Crippen molar-refractivity contribution in [1.29, 1.82) is 0 Å². The van der Waals surface area contributed by atoms with Gasteiger partial charge in [-0.1, -0.05) is 59.0 Å². The summed E-state index contributed by atoms with van der Waals surface area (Å²) in [6.45, 7) is 2.18. The molecule has 2 aromatic carbocycles. The maximum atomic E-state index is 12.6. The van der Waals surface area contributed by atoms with Crippen LogP contribution in [0.3, 0.4) is 0 Å². The number of rotatable bonds is 5. The lowest BCUT2D eigenvalue weighted by Gasteiger charge is -2.12. The molecule has 0 saturated carbocycles. The number of aryl methyl sites for hydroxylation is 1. The summed E-state index contributed by atoms with van der Waals surface area (Å²) in [7, 11) is 0. The van der Waals surface area contributed by atoms with E-state index in [4.69, 9.17) is 34.4 Å². The summed E-state index contributed by atoms with van der Waals surface area (Å²) in [5.41, 5.74) is 2.65. The molecule has 1 aliphatic rings. The first-order valence-electron chi connectivity index (χ1n) is 8.34. The summed E-state index contributed by atoms with van der Waals surface area (Å²) in [6, 6.07) is 10.3. The molecule has 1 heterocycles. The summed E-state index contributed by atoms with van der Waals surface area (Å²) in [6.07, 6.45) is 6.68. The molecule has 1 N–H and O–H groups in total. The third-order valence-electron chi connectivity index (χ3n) is 4.06. The van der Waals surface area contributed by atoms with Gasteiger partial charge in [0.1, 0.15) is 12.3 Å². The first kappa shape index (κ1) is 19.8. The smallest absolute Gasteiger partial charge is 0.329 e. The fourth-order valence-corrected chi connectivity index (χ4v) is 3.29. The topological polar surface area (TPSA) is 58.6 Å². The minimum absolute atomic E-state index is 0.0301. The van der Waals surface area contributed by atoms with E-state index in [1.807, 2.05) is 31.2 Å². The minimum Gasteiger partial charge on any atom is -0.478 e. The van der Waals surface area contributed by atoms with Crippen molar-refractivity contribution in [3.63, 3.8) is 0 Å². The molecule has 1 saturated heterocycles. The molecule has 0 aromatic heterocycles. The SMILES string of the molecule is C#CCOc1c(Cl)cc(/C=C2/NC(=O)N(Cc3ccc(C)cc3)C2=O)cc1Cl. The summed E-state index contributed by atoms with van der Waals surface area (Å²) in [4.78, 5) is 26.0. The zero-order valence-electron chi connectivity index (χ0n) is 15.0. The van der Waals surface area contributed by atoms with Gasteiger partial charge in [-0.3, -0.25) is 9.69 Å². The molecular weight excluding hydrogens is 399 g/mol. The van der Waals surface area contributed by atoms with E-state index in [0.29, 0.717) is 5.56 Å². The summed E-state index contributed by atoms with van der Waals surface area (Å²) >= 11 is 12.4. The second-order valence-electron chi connectivity index (χ2n) is 6.17. The van der Waals surface area contributed by atoms with Crippen molar-refractivity contribution in [2.24, 2.45) is 0 Å². The molecule has 0 atom stereocenters. The van der Waals surface area contributed by atoms with Crippen LogP contribution < -0.4 is 10.1 Å². The third kappa shape index (κ3) is 4.30. The van der Waals surface area contributed by atoms with Gasteiger partial charge in [-0.15, -0.1) is 6.42 Å². The van der Waals surface area contributed by atoms with Gasteiger partial charge in [-0.2, -0.15) is 0 Å². The number of benzene rings is 2. The number of hydrogen-bond donors (Lipinski definition) is 1. The Balaban J connectivity index is 1.81. The Labute approximate surface area is 172 Å². The Morgan fingerprint density at radius 3 is 2.43 bits per heavy atom. The Bertz CT molecular complexity index is 984. The minimum atomic E-state index is -0.483. The Kier molecular flexibility index (Phi) is 5.93. The molecule has 0 bridgehead atoms. The number of carbonyl (C=O) groups is 2. The molecule has 3 rings (SSSR count). The predicted octanol–water partition coefficient (Wildman–Crippen LogP) is 4.41. The van der Waals surface area contributed by atoms with Gasteiger partial charge in [-0.25, -0.2) is 4.79 Å². The zero-order chi connectivity index (χ0) is 20.3. The van der Waals surface area contributed by atoms with Gasteiger partial charge >= 0.3 is 6.03 Å². The van der Waals surface area contributed by atoms with Crippen LogP contribution in [0.2, 0.25) is 10.0 Å². The lowest BCUT2D eigenvalue weighted by molar-refractivity contribution is -0.123. The first-order chi connectivity index (χ1) is 13.4. The van der Waals surface area contributed by atoms with Crippen molar-refractivity contribution in [2.75, 3.05) is 6.61 Å². The van der Waals surface area contributed by atoms with Crippen molar-refractivity contribution < 1.29 is 14.3 Å². The molecule has 0 unspecified atom stereocenters. The maximum absolute atomic E-state index is 12.6. The standard InChI is InChI=1S/C21H16Cl2N2O3/c1-3-8-28-19-16(22)9-15(10-17(19)23)11-18-20(26)25(21(27)24-18)12-14-6-4-13(2)5-7-14/h1,4-7,9-11H,8,12H2,2H3,(H,24,27)/b18-11+. The van der Waals surface area contributed by atoms with E-state index >= 15 is 0 Å². The highest BCUT2D eigenvalue weighted by Gasteiger charge is 2.33. The number of imide groups is 1. The van der Waals surface area contributed by atoms with E-state index in [0.717, 1.165) is 16.0 Å². The maximum Gasteiger partial charge on any atom is 0.329 e. The molecule has 28 heavy (non-hydrogen) atoms. The summed E-state index contributed by atoms with van der Waals surface area (Å²) < 4.78 is 5.31. The van der Waals surface area contributed by atoms with Gasteiger partial charge in [0, 0.05) is 0 Å². The van der Waals surface area contributed by atoms with Crippen LogP contribution >= 0.6 is 23.2 Å². The Morgan fingerprint density at radius 1 is 1.18 bits per heavy atom. The molecule has 0 aliphatic carbocycles. The molecule has 0 spiro atoms. The second kappa shape index (κ2) is 8.39. The van der Waals surface area contributed by atoms with Crippen molar-refractivity contribution in [3.05, 3.63) is 68.8 Å². The molecule has 0 radical (unpaired) electrons. The van der Waals surface area contributed by atoms with Gasteiger partial charge in [0.2, 0.25) is 0 Å². The number of urea groups is 1. The van der Waals surface area contributed by atoms with Crippen LogP contribution in [0.25, 0.3) is 6.08 Å². The van der Waals surface area contributed by atoms with E-state index in [-0.39, 0.29) is 34.6 Å². The second-order valence-corrected chi connectivity index (χ2v) is 6.99. The fourth-order valence-electron chi connectivity index (χ4n) is 2.67. The van der Waals surface area contributed by atoms with Gasteiger partial charge in [0.05, 0.1) is 16.6 Å². The molecule has 3 amide bonds. The molecule has 142 valence electrons. The Hall–Kier alpha value is -2.94. The monoisotopic (exact) mass is 414 g/mol. The van der Waals surface area contributed by atoms with E-state index in [1.165, 1.54) is 6.08 Å². The third-order valence-corrected chi connectivity index (χ3v) is 4.62. The van der Waals surface area contributed by atoms with Gasteiger partial charge in [-0.05, 0) is 36.3 Å². The van der Waals surface area contributed by atoms with Crippen molar-refractivity contribution in [1.82, 2.24) is 10.2 Å². The molecule has 7 heteroatoms. The average molecular weight is 415 g/mol. The molecular formula is C21H16Cl2N2O3. The van der Waals surface area contributed by atoms with Crippen LogP contribution in [-0.4, -0.2) is 23.4 Å². The summed E-state index contributed by atoms with van der Waals surface area (Å²) in [5.74, 6) is 2.18. The lowest BCUT2D eigenvalue weighted by atomic mass is 10.1. The quantitative estimate of drug-likeness (QED) is 0.447. The van der Waals surface area contributed by atoms with Gasteiger partial charge in [0.15, 0.2) is 5.75 Å². The predicted molar refractivity (Wildman–Crippen MR) is 109 cm³/mol. The number of ether oxygens (including phenoxy) is 1. The highest BCUT2D eigenvalue weighted by Crippen LogP contribution is 2.35. The highest BCUT2D eigenvalue weighted by molar-refractivity contribution is 6.37. The number of carbonyl (C=O) groups excluding carboxylic acids is 2. The van der Waals surface area contributed by atoms with Crippen LogP contribution in [0.1, 0.15) is 16.7 Å². The van der Waals surface area contributed by atoms with E-state index < -0.39 is 11.9 Å². The zero-order valence-corrected chi connectivity index (χ0v) is 16.5. The number of nitrogens with zero attached hydrogens (tertiary/aromatic N) is 1. The number of hydrogen-bond acceptors (Lipinski definition) is 3. The van der Waals surface area contributed by atoms with Crippen molar-refractivity contribution in [3.8, 4) is 18.1 Å². The number of terminal acetylenes is 1. The van der Waals surface area contributed by atoms with Crippen LogP contribution in [0.4, 0.5) is 4.79 Å². The number of nitrogens with one attached hydrogen (secondary N) is 1. The van der Waals surface area contributed by atoms with E-state index in [2.05, 4.69) is 11.2 Å². The molecule has 1 aliphatic heterocycles. The molecule has 5 nitrogen and oxygen atoms in total. The van der Waals surface area contributed by atoms with Crippen LogP contribution in [-0.2, 0) is 11.3 Å². The van der Waals surface area contributed by atoms with Crippen LogP contribution in [0.15, 0.2) is 42.1 Å². The van der Waals surface area contributed by atoms with Gasteiger partial charge < -0.3 is 10.1 Å². The Morgan fingerprint density at radius 2 is 1.82 bits per heavy atom. The van der Waals surface area contributed by atoms with E-state index in [1.54, 1.807) is 12.1 Å². The molecule has 1 fully saturated rings. The van der Waals surface area contributed by atoms with Crippen LogP contribution in [0, 0.1) is 19.3 Å². The average Bonchev–Trinajstić information content (AvgIpc) is 2.90. The largest absolute Gasteiger partial charge is 0.478 e. The summed E-state index contributed by atoms with van der Waals surface area (Å²) in [5, 5.41) is 3.08. The first-order valence-corrected chi connectivity index (χ1v) is 9.10. The van der Waals surface area contributed by atoms with Crippen molar-refractivity contribution in [2.45, 2.75) is 13.5 Å². The van der Waals surface area contributed by atoms with Crippen molar-refractivity contribution >= 4 is 41.2 Å². The molecule has 2 aromatic rings. The highest BCUT2D eigenvalue weighted by atomic mass is 35.5. The number of amides is 3. The lowest BCUT2D eigenvalue weighted by Crippen LogP contribution is -2.30. The van der Waals surface area contributed by atoms with Gasteiger partial charge in [0.25, 0.3) is 5.91 Å². The number of halogens is 2. The fraction of sp³-hybridized carbons (Fsp3) is 0.143. The normalized spacial score (nSPS) is 14.9.